The number of hydrogen-bond acceptors (Lipinski definition) is 8. The first kappa shape index (κ1) is 55.8. The number of likely N-dealkylation sites (N-methyl/N-ethyl adjacent to an activating group) is 1. The molecule has 0 saturated heterocycles. The summed E-state index contributed by atoms with van der Waals surface area (Å²) in [4.78, 5) is 37.6. The molecule has 0 saturated carbocycles. The van der Waals surface area contributed by atoms with Gasteiger partial charge in [-0.25, -0.2) is 0 Å². The zero-order valence-corrected chi connectivity index (χ0v) is 38.9. The van der Waals surface area contributed by atoms with E-state index < -0.39 is 26.5 Å². The Balaban J connectivity index is 4.28. The van der Waals surface area contributed by atoms with Gasteiger partial charge >= 0.3 is 11.9 Å². The molecule has 0 aromatic heterocycles. The SMILES string of the molecule is CCCCCCCCC/C=C\CCCCCCCCCC(=O)OC(COC(=O)CCCCCCCCCCCCCCCCC)COP(=O)([O-])OCC[N+](C)(C)C. The first-order chi connectivity index (χ1) is 27.5. The molecule has 0 fully saturated rings. The lowest BCUT2D eigenvalue weighted by atomic mass is 10.0. The average molecular weight is 830 g/mol. The van der Waals surface area contributed by atoms with E-state index in [1.54, 1.807) is 0 Å². The van der Waals surface area contributed by atoms with E-state index in [4.69, 9.17) is 18.5 Å². The Morgan fingerprint density at radius 2 is 0.895 bits per heavy atom. The summed E-state index contributed by atoms with van der Waals surface area (Å²) >= 11 is 0. The van der Waals surface area contributed by atoms with Crippen LogP contribution < -0.4 is 4.89 Å². The summed E-state index contributed by atoms with van der Waals surface area (Å²) < 4.78 is 34.0. The van der Waals surface area contributed by atoms with Gasteiger partial charge in [-0.05, 0) is 38.5 Å². The number of nitrogens with zero attached hydrogens (tertiary/aromatic N) is 1. The van der Waals surface area contributed by atoms with Crippen molar-refractivity contribution in [3.8, 4) is 0 Å². The van der Waals surface area contributed by atoms with Crippen molar-refractivity contribution < 1.29 is 42.1 Å². The van der Waals surface area contributed by atoms with Crippen molar-refractivity contribution in [1.82, 2.24) is 0 Å². The second-order valence-corrected chi connectivity index (χ2v) is 18.9. The van der Waals surface area contributed by atoms with Gasteiger partial charge in [0.15, 0.2) is 6.10 Å². The van der Waals surface area contributed by atoms with Crippen LogP contribution in [0.2, 0.25) is 0 Å². The number of hydrogen-bond donors (Lipinski definition) is 0. The molecule has 9 nitrogen and oxygen atoms in total. The van der Waals surface area contributed by atoms with Crippen LogP contribution in [-0.2, 0) is 32.7 Å². The predicted molar refractivity (Wildman–Crippen MR) is 236 cm³/mol. The van der Waals surface area contributed by atoms with E-state index in [0.29, 0.717) is 17.4 Å². The number of phosphoric ester groups is 1. The Kier molecular flexibility index (Phi) is 39.3. The zero-order valence-electron chi connectivity index (χ0n) is 38.1. The highest BCUT2D eigenvalue weighted by Gasteiger charge is 2.21. The Morgan fingerprint density at radius 3 is 1.30 bits per heavy atom. The third-order valence-electron chi connectivity index (χ3n) is 10.5. The summed E-state index contributed by atoms with van der Waals surface area (Å²) in [6, 6.07) is 0. The van der Waals surface area contributed by atoms with Gasteiger partial charge in [-0.3, -0.25) is 14.2 Å². The number of esters is 2. The fourth-order valence-corrected chi connectivity index (χ4v) is 7.50. The van der Waals surface area contributed by atoms with E-state index in [1.165, 1.54) is 148 Å². The predicted octanol–water partition coefficient (Wildman–Crippen LogP) is 13.1. The monoisotopic (exact) mass is 830 g/mol. The van der Waals surface area contributed by atoms with Gasteiger partial charge in [0.25, 0.3) is 7.82 Å². The molecule has 0 aliphatic carbocycles. The summed E-state index contributed by atoms with van der Waals surface area (Å²) in [6.45, 7) is 4.26. The fraction of sp³-hybridized carbons (Fsp3) is 0.915. The molecule has 0 rings (SSSR count). The van der Waals surface area contributed by atoms with Crippen LogP contribution in [-0.4, -0.2) is 70.0 Å². The molecule has 0 radical (unpaired) electrons. The number of allylic oxidation sites excluding steroid dienone is 2. The summed E-state index contributed by atoms with van der Waals surface area (Å²) in [5, 5.41) is 0. The maximum absolute atomic E-state index is 12.7. The van der Waals surface area contributed by atoms with Gasteiger partial charge in [-0.15, -0.1) is 0 Å². The van der Waals surface area contributed by atoms with Gasteiger partial charge in [0.1, 0.15) is 19.8 Å². The molecule has 0 aromatic carbocycles. The van der Waals surface area contributed by atoms with Crippen molar-refractivity contribution >= 4 is 19.8 Å². The Hall–Kier alpha value is -1.25. The molecule has 0 amide bonds. The van der Waals surface area contributed by atoms with Gasteiger partial charge in [-0.2, -0.15) is 0 Å². The van der Waals surface area contributed by atoms with Crippen molar-refractivity contribution in [2.45, 2.75) is 232 Å². The van der Waals surface area contributed by atoms with Gasteiger partial charge in [0.2, 0.25) is 0 Å². The molecule has 2 unspecified atom stereocenters. The molecule has 0 heterocycles. The molecular formula is C47H92NO8P. The highest BCUT2D eigenvalue weighted by molar-refractivity contribution is 7.45. The Morgan fingerprint density at radius 1 is 0.526 bits per heavy atom. The van der Waals surface area contributed by atoms with Gasteiger partial charge in [-0.1, -0.05) is 187 Å². The highest BCUT2D eigenvalue weighted by Crippen LogP contribution is 2.38. The van der Waals surface area contributed by atoms with E-state index in [-0.39, 0.29) is 32.0 Å². The van der Waals surface area contributed by atoms with Crippen molar-refractivity contribution in [2.24, 2.45) is 0 Å². The molecule has 10 heteroatoms. The van der Waals surface area contributed by atoms with E-state index in [2.05, 4.69) is 26.0 Å². The molecular weight excluding hydrogens is 737 g/mol. The fourth-order valence-electron chi connectivity index (χ4n) is 6.77. The summed E-state index contributed by atoms with van der Waals surface area (Å²) in [5.74, 6) is -0.827. The minimum absolute atomic E-state index is 0.0284. The molecule has 0 N–H and O–H groups in total. The van der Waals surface area contributed by atoms with Crippen LogP contribution in [0.4, 0.5) is 0 Å². The number of phosphoric acid groups is 1. The Bertz CT molecular complexity index is 985. The molecule has 0 aliphatic heterocycles. The maximum Gasteiger partial charge on any atom is 0.306 e. The summed E-state index contributed by atoms with van der Waals surface area (Å²) in [6.07, 6.45) is 42.3. The van der Waals surface area contributed by atoms with E-state index in [0.717, 1.165) is 44.9 Å². The van der Waals surface area contributed by atoms with Crippen LogP contribution in [0.1, 0.15) is 226 Å². The Labute approximate surface area is 352 Å². The first-order valence-electron chi connectivity index (χ1n) is 23.9. The molecule has 57 heavy (non-hydrogen) atoms. The van der Waals surface area contributed by atoms with Gasteiger partial charge in [0.05, 0.1) is 27.7 Å². The number of carbonyl (C=O) groups excluding carboxylic acids is 2. The molecule has 338 valence electrons. The van der Waals surface area contributed by atoms with Crippen molar-refractivity contribution in [3.63, 3.8) is 0 Å². The van der Waals surface area contributed by atoms with Crippen LogP contribution in [0.3, 0.4) is 0 Å². The third-order valence-corrected chi connectivity index (χ3v) is 11.5. The summed E-state index contributed by atoms with van der Waals surface area (Å²) in [7, 11) is 1.17. The maximum atomic E-state index is 12.7. The normalized spacial score (nSPS) is 13.6. The number of carbonyl (C=O) groups is 2. The topological polar surface area (TPSA) is 111 Å². The smallest absolute Gasteiger partial charge is 0.306 e. The van der Waals surface area contributed by atoms with E-state index in [1.807, 2.05) is 21.1 Å². The molecule has 0 aliphatic rings. The molecule has 0 bridgehead atoms. The largest absolute Gasteiger partial charge is 0.756 e. The van der Waals surface area contributed by atoms with Crippen molar-refractivity contribution in [1.29, 1.82) is 0 Å². The standard InChI is InChI=1S/C47H92NO8P/c1-6-8-10-12-14-16-18-20-22-23-24-26-28-30-32-34-36-38-40-47(50)56-45(44-55-57(51,52)54-42-41-48(3,4)5)43-53-46(49)39-37-35-33-31-29-27-25-21-19-17-15-13-11-9-7-2/h22-23,45H,6-21,24-44H2,1-5H3/b23-22-. The molecule has 2 atom stereocenters. The van der Waals surface area contributed by atoms with Crippen LogP contribution >= 0.6 is 7.82 Å². The second kappa shape index (κ2) is 40.2. The lowest BCUT2D eigenvalue weighted by molar-refractivity contribution is -0.870. The minimum Gasteiger partial charge on any atom is -0.756 e. The number of quaternary nitrogens is 1. The number of unbranched alkanes of at least 4 members (excludes halogenated alkanes) is 28. The van der Waals surface area contributed by atoms with Gasteiger partial charge in [0, 0.05) is 12.8 Å². The van der Waals surface area contributed by atoms with E-state index in [9.17, 15) is 19.0 Å². The zero-order chi connectivity index (χ0) is 42.1. The van der Waals surface area contributed by atoms with E-state index >= 15 is 0 Å². The quantitative estimate of drug-likeness (QED) is 0.0196. The van der Waals surface area contributed by atoms with Crippen LogP contribution in [0, 0.1) is 0 Å². The summed E-state index contributed by atoms with van der Waals surface area (Å²) in [5.41, 5.74) is 0. The lowest BCUT2D eigenvalue weighted by Gasteiger charge is -2.28. The van der Waals surface area contributed by atoms with Crippen molar-refractivity contribution in [2.75, 3.05) is 47.5 Å². The first-order valence-corrected chi connectivity index (χ1v) is 25.4. The van der Waals surface area contributed by atoms with Crippen LogP contribution in [0.15, 0.2) is 12.2 Å². The third kappa shape index (κ3) is 44.1. The van der Waals surface area contributed by atoms with Crippen molar-refractivity contribution in [3.05, 3.63) is 12.2 Å². The minimum atomic E-state index is -4.62. The second-order valence-electron chi connectivity index (χ2n) is 17.5. The molecule has 0 spiro atoms. The number of rotatable bonds is 44. The average Bonchev–Trinajstić information content (AvgIpc) is 3.16. The van der Waals surface area contributed by atoms with Crippen LogP contribution in [0.5, 0.6) is 0 Å². The highest BCUT2D eigenvalue weighted by atomic mass is 31.2. The van der Waals surface area contributed by atoms with Gasteiger partial charge < -0.3 is 27.9 Å². The lowest BCUT2D eigenvalue weighted by Crippen LogP contribution is -2.37. The van der Waals surface area contributed by atoms with Crippen LogP contribution in [0.25, 0.3) is 0 Å². The number of ether oxygens (including phenoxy) is 2. The molecule has 0 aromatic rings.